The maximum Gasteiger partial charge on any atom is 0.338 e. The van der Waals surface area contributed by atoms with Crippen LogP contribution in [0.5, 0.6) is 5.75 Å². The molecule has 176 valence electrons. The van der Waals surface area contributed by atoms with Crippen LogP contribution in [0.15, 0.2) is 36.4 Å². The zero-order chi connectivity index (χ0) is 24.1. The maximum atomic E-state index is 12.0. The number of methoxy groups -OCH3 is 1. The molecule has 1 unspecified atom stereocenters. The molecule has 0 aliphatic carbocycles. The van der Waals surface area contributed by atoms with Gasteiger partial charge in [-0.05, 0) is 78.8 Å². The normalized spacial score (nSPS) is 13.0. The molecule has 0 N–H and O–H groups in total. The molecule has 3 heteroatoms. The first-order valence-electron chi connectivity index (χ1n) is 12.0. The predicted octanol–water partition coefficient (Wildman–Crippen LogP) is 7.65. The third-order valence-electron chi connectivity index (χ3n) is 7.28. The molecule has 0 amide bonds. The summed E-state index contributed by atoms with van der Waals surface area (Å²) in [5, 5.41) is 0. The molecule has 0 heterocycles. The van der Waals surface area contributed by atoms with Crippen LogP contribution < -0.4 is 4.74 Å². The van der Waals surface area contributed by atoms with Crippen LogP contribution in [0, 0.1) is 25.2 Å². The number of carbonyl (C=O) groups excluding carboxylic acids is 1. The van der Waals surface area contributed by atoms with Gasteiger partial charge in [-0.1, -0.05) is 65.8 Å². The number of ether oxygens (including phenoxy) is 2. The van der Waals surface area contributed by atoms with Gasteiger partial charge in [-0.3, -0.25) is 0 Å². The Morgan fingerprint density at radius 1 is 0.906 bits per heavy atom. The third-order valence-corrected chi connectivity index (χ3v) is 7.28. The van der Waals surface area contributed by atoms with E-state index >= 15 is 0 Å². The van der Waals surface area contributed by atoms with Crippen LogP contribution >= 0.6 is 0 Å². The maximum absolute atomic E-state index is 12.0. The Morgan fingerprint density at radius 2 is 1.47 bits per heavy atom. The van der Waals surface area contributed by atoms with Crippen molar-refractivity contribution in [2.75, 3.05) is 13.7 Å². The van der Waals surface area contributed by atoms with Crippen LogP contribution in [0.4, 0.5) is 0 Å². The molecule has 0 radical (unpaired) electrons. The lowest BCUT2D eigenvalue weighted by Gasteiger charge is -2.34. The molecule has 0 fully saturated rings. The van der Waals surface area contributed by atoms with Gasteiger partial charge < -0.3 is 9.47 Å². The van der Waals surface area contributed by atoms with E-state index in [1.165, 1.54) is 23.8 Å². The van der Waals surface area contributed by atoms with E-state index in [9.17, 15) is 4.79 Å². The Bertz CT molecular complexity index is 916. The van der Waals surface area contributed by atoms with E-state index in [1.54, 1.807) is 0 Å². The molecule has 0 bridgehead atoms. The summed E-state index contributed by atoms with van der Waals surface area (Å²) in [4.78, 5) is 12.0. The monoisotopic (exact) mass is 438 g/mol. The highest BCUT2D eigenvalue weighted by Crippen LogP contribution is 2.41. The minimum Gasteiger partial charge on any atom is -0.493 e. The highest BCUT2D eigenvalue weighted by molar-refractivity contribution is 5.91. The van der Waals surface area contributed by atoms with E-state index in [2.05, 4.69) is 78.8 Å². The van der Waals surface area contributed by atoms with Gasteiger partial charge in [0.1, 0.15) is 5.75 Å². The second kappa shape index (κ2) is 10.6. The van der Waals surface area contributed by atoms with Gasteiger partial charge in [0, 0.05) is 5.41 Å². The summed E-state index contributed by atoms with van der Waals surface area (Å²) in [6, 6.07) is 12.8. The second-order valence-electron chi connectivity index (χ2n) is 10.1. The summed E-state index contributed by atoms with van der Waals surface area (Å²) in [6.07, 6.45) is 3.06. The number of esters is 1. The van der Waals surface area contributed by atoms with Gasteiger partial charge in [0.15, 0.2) is 0 Å². The molecule has 3 nitrogen and oxygen atoms in total. The quantitative estimate of drug-likeness (QED) is 0.377. The lowest BCUT2D eigenvalue weighted by Crippen LogP contribution is -2.27. The Balaban J connectivity index is 2.39. The van der Waals surface area contributed by atoms with Crippen LogP contribution in [-0.2, 0) is 10.2 Å². The average molecular weight is 439 g/mol. The summed E-state index contributed by atoms with van der Waals surface area (Å²) in [5.41, 5.74) is 5.39. The minimum absolute atomic E-state index is 0.111. The molecule has 2 aromatic carbocycles. The summed E-state index contributed by atoms with van der Waals surface area (Å²) >= 11 is 0. The van der Waals surface area contributed by atoms with Crippen molar-refractivity contribution in [1.29, 1.82) is 0 Å². The largest absolute Gasteiger partial charge is 0.493 e. The fourth-order valence-corrected chi connectivity index (χ4v) is 4.81. The van der Waals surface area contributed by atoms with E-state index in [4.69, 9.17) is 9.47 Å². The zero-order valence-electron chi connectivity index (χ0n) is 21.6. The molecule has 32 heavy (non-hydrogen) atoms. The number of benzene rings is 2. The molecular formula is C29H42O3. The number of hydrogen-bond acceptors (Lipinski definition) is 3. The lowest BCUT2D eigenvalue weighted by atomic mass is 9.70. The summed E-state index contributed by atoms with van der Waals surface area (Å²) in [5.74, 6) is 1.20. The summed E-state index contributed by atoms with van der Waals surface area (Å²) in [7, 11) is 1.43. The zero-order valence-corrected chi connectivity index (χ0v) is 21.6. The van der Waals surface area contributed by atoms with Crippen molar-refractivity contribution in [3.05, 3.63) is 64.2 Å². The van der Waals surface area contributed by atoms with E-state index in [-0.39, 0.29) is 16.8 Å². The van der Waals surface area contributed by atoms with Crippen molar-refractivity contribution in [2.45, 2.75) is 80.1 Å². The van der Waals surface area contributed by atoms with Crippen LogP contribution in [-0.4, -0.2) is 19.7 Å². The van der Waals surface area contributed by atoms with Gasteiger partial charge in [0.2, 0.25) is 0 Å². The Kier molecular flexibility index (Phi) is 8.56. The van der Waals surface area contributed by atoms with E-state index in [0.717, 1.165) is 37.2 Å². The number of aryl methyl sites for hydroxylation is 2. The SMILES string of the molecule is CCC(COc1ccc(C(CC)(CC)c2ccc(C(=O)OC)c(C)c2)cc1C)C(C)(C)C. The van der Waals surface area contributed by atoms with Gasteiger partial charge in [-0.25, -0.2) is 4.79 Å². The van der Waals surface area contributed by atoms with Gasteiger partial charge in [-0.2, -0.15) is 0 Å². The summed E-state index contributed by atoms with van der Waals surface area (Å²) in [6.45, 7) is 18.4. The van der Waals surface area contributed by atoms with Gasteiger partial charge >= 0.3 is 5.97 Å². The van der Waals surface area contributed by atoms with Crippen molar-refractivity contribution < 1.29 is 14.3 Å². The fraction of sp³-hybridized carbons (Fsp3) is 0.552. The predicted molar refractivity (Wildman–Crippen MR) is 134 cm³/mol. The Labute approximate surface area is 195 Å². The molecule has 0 spiro atoms. The van der Waals surface area contributed by atoms with Gasteiger partial charge in [-0.15, -0.1) is 0 Å². The molecule has 0 aliphatic rings. The minimum atomic E-state index is -0.286. The van der Waals surface area contributed by atoms with Crippen molar-refractivity contribution in [3.8, 4) is 5.75 Å². The third kappa shape index (κ3) is 5.36. The first kappa shape index (κ1) is 26.0. The van der Waals surface area contributed by atoms with E-state index in [0.29, 0.717) is 11.5 Å². The van der Waals surface area contributed by atoms with Crippen molar-refractivity contribution in [1.82, 2.24) is 0 Å². The first-order valence-corrected chi connectivity index (χ1v) is 12.0. The molecular weight excluding hydrogens is 396 g/mol. The number of rotatable bonds is 9. The van der Waals surface area contributed by atoms with Crippen LogP contribution in [0.2, 0.25) is 0 Å². The van der Waals surface area contributed by atoms with Crippen LogP contribution in [0.25, 0.3) is 0 Å². The fourth-order valence-electron chi connectivity index (χ4n) is 4.81. The molecule has 0 saturated carbocycles. The molecule has 2 rings (SSSR count). The topological polar surface area (TPSA) is 35.5 Å². The molecule has 0 aliphatic heterocycles. The van der Waals surface area contributed by atoms with Crippen LogP contribution in [0.1, 0.15) is 93.4 Å². The number of hydrogen-bond donors (Lipinski definition) is 0. The van der Waals surface area contributed by atoms with E-state index in [1.807, 2.05) is 13.0 Å². The first-order chi connectivity index (χ1) is 15.0. The van der Waals surface area contributed by atoms with Gasteiger partial charge in [0.05, 0.1) is 19.3 Å². The van der Waals surface area contributed by atoms with Crippen molar-refractivity contribution in [2.24, 2.45) is 11.3 Å². The standard InChI is InChI=1S/C29H42O3/c1-10-22(28(6,7)8)19-32-26-16-14-24(18-21(26)5)29(11-2,12-3)23-13-15-25(20(4)17-23)27(30)31-9/h13-18,22H,10-12,19H2,1-9H3. The summed E-state index contributed by atoms with van der Waals surface area (Å²) < 4.78 is 11.2. The molecule has 0 saturated heterocycles. The highest BCUT2D eigenvalue weighted by Gasteiger charge is 2.32. The Morgan fingerprint density at radius 3 is 1.91 bits per heavy atom. The van der Waals surface area contributed by atoms with Gasteiger partial charge in [0.25, 0.3) is 0 Å². The lowest BCUT2D eigenvalue weighted by molar-refractivity contribution is 0.0600. The molecule has 1 atom stereocenters. The van der Waals surface area contributed by atoms with E-state index < -0.39 is 0 Å². The number of carbonyl (C=O) groups is 1. The smallest absolute Gasteiger partial charge is 0.338 e. The Hall–Kier alpha value is -2.29. The van der Waals surface area contributed by atoms with Crippen molar-refractivity contribution >= 4 is 5.97 Å². The molecule has 2 aromatic rings. The second-order valence-corrected chi connectivity index (χ2v) is 10.1. The van der Waals surface area contributed by atoms with Crippen LogP contribution in [0.3, 0.4) is 0 Å². The molecule has 0 aromatic heterocycles. The highest BCUT2D eigenvalue weighted by atomic mass is 16.5. The average Bonchev–Trinajstić information content (AvgIpc) is 2.75. The van der Waals surface area contributed by atoms with Crippen molar-refractivity contribution in [3.63, 3.8) is 0 Å².